The molecule has 0 fully saturated rings. The van der Waals surface area contributed by atoms with Crippen molar-refractivity contribution in [2.75, 3.05) is 0 Å². The Labute approximate surface area is 253 Å². The smallest absolute Gasteiger partial charge is 0.130 e. The van der Waals surface area contributed by atoms with Crippen molar-refractivity contribution in [3.8, 4) is 22.5 Å². The monoisotopic (exact) mass is 693 g/mol. The first kappa shape index (κ1) is 17.4. The van der Waals surface area contributed by atoms with Gasteiger partial charge < -0.3 is 14.4 Å². The van der Waals surface area contributed by atoms with E-state index >= 15 is 0 Å². The Kier molecular flexibility index (Phi) is 5.04. The molecule has 0 N–H and O–H groups in total. The van der Waals surface area contributed by atoms with Gasteiger partial charge in [0.15, 0.2) is 0 Å². The van der Waals surface area contributed by atoms with Crippen molar-refractivity contribution in [1.82, 2.24) is 15.0 Å². The summed E-state index contributed by atoms with van der Waals surface area (Å²) >= 11 is 0. The van der Waals surface area contributed by atoms with E-state index in [4.69, 9.17) is 16.8 Å². The molecule has 0 unspecified atom stereocenters. The number of hydrogen-bond donors (Lipinski definition) is 0. The van der Waals surface area contributed by atoms with E-state index in [0.717, 1.165) is 22.0 Å². The molecular formula is C34H25IrN3O-2. The second-order valence-electron chi connectivity index (χ2n) is 8.54. The van der Waals surface area contributed by atoms with E-state index in [9.17, 15) is 0 Å². The van der Waals surface area contributed by atoms with Crippen LogP contribution in [0.25, 0.3) is 55.4 Å². The maximum absolute atomic E-state index is 7.58. The van der Waals surface area contributed by atoms with Gasteiger partial charge in [-0.05, 0) is 67.3 Å². The fourth-order valence-corrected chi connectivity index (χ4v) is 4.24. The van der Waals surface area contributed by atoms with Gasteiger partial charge in [-0.25, -0.2) is 0 Å². The summed E-state index contributed by atoms with van der Waals surface area (Å²) in [6.45, 7) is -6.60. The van der Waals surface area contributed by atoms with E-state index in [1.807, 2.05) is 30.3 Å². The molecule has 0 saturated carbocycles. The van der Waals surface area contributed by atoms with E-state index < -0.39 is 20.6 Å². The number of furan rings is 1. The summed E-state index contributed by atoms with van der Waals surface area (Å²) in [6, 6.07) is 30.6. The fraction of sp³-hybridized carbons (Fsp3) is 0.0882. The van der Waals surface area contributed by atoms with Crippen molar-refractivity contribution in [3.05, 3.63) is 126 Å². The summed E-state index contributed by atoms with van der Waals surface area (Å²) in [5.41, 5.74) is 4.90. The van der Waals surface area contributed by atoms with E-state index in [1.165, 1.54) is 24.5 Å². The van der Waals surface area contributed by atoms with Crippen molar-refractivity contribution >= 4 is 32.8 Å². The van der Waals surface area contributed by atoms with Crippen molar-refractivity contribution in [2.24, 2.45) is 0 Å². The number of pyridine rings is 3. The average molecular weight is 693 g/mol. The predicted molar refractivity (Wildman–Crippen MR) is 154 cm³/mol. The molecule has 39 heavy (non-hydrogen) atoms. The normalized spacial score (nSPS) is 15.1. The minimum atomic E-state index is -2.29. The molecule has 1 radical (unpaired) electrons. The van der Waals surface area contributed by atoms with Gasteiger partial charge in [-0.3, -0.25) is 4.98 Å². The van der Waals surface area contributed by atoms with Gasteiger partial charge in [0.05, 0.1) is 11.1 Å². The molecule has 193 valence electrons. The van der Waals surface area contributed by atoms with Gasteiger partial charge >= 0.3 is 0 Å². The van der Waals surface area contributed by atoms with Gasteiger partial charge in [0.1, 0.15) is 5.58 Å². The Morgan fingerprint density at radius 1 is 0.667 bits per heavy atom. The molecule has 7 aromatic rings. The molecule has 0 saturated heterocycles. The summed E-state index contributed by atoms with van der Waals surface area (Å²) < 4.78 is 73.2. The number of benzene rings is 3. The van der Waals surface area contributed by atoms with Crippen LogP contribution in [0.2, 0.25) is 0 Å². The number of aryl methyl sites for hydroxylation is 3. The molecule has 0 aliphatic heterocycles. The first-order valence-corrected chi connectivity index (χ1v) is 11.8. The van der Waals surface area contributed by atoms with Crippen molar-refractivity contribution in [3.63, 3.8) is 0 Å². The van der Waals surface area contributed by atoms with Crippen LogP contribution in [0.3, 0.4) is 0 Å². The van der Waals surface area contributed by atoms with Crippen LogP contribution in [0.15, 0.2) is 102 Å². The summed E-state index contributed by atoms with van der Waals surface area (Å²) in [7, 11) is 0. The number of hydrogen-bond acceptors (Lipinski definition) is 4. The van der Waals surface area contributed by atoms with Gasteiger partial charge in [-0.15, -0.1) is 54.1 Å². The molecule has 7 rings (SSSR count). The molecule has 0 bridgehead atoms. The molecule has 0 aliphatic rings. The van der Waals surface area contributed by atoms with Crippen LogP contribution in [0.5, 0.6) is 0 Å². The molecule has 0 spiro atoms. The summed E-state index contributed by atoms with van der Waals surface area (Å²) in [6.07, 6.45) is 2.73. The van der Waals surface area contributed by atoms with Gasteiger partial charge in [0.2, 0.25) is 0 Å². The molecule has 4 nitrogen and oxygen atoms in total. The number of fused-ring (bicyclic) bond motifs is 5. The standard InChI is InChI=1S/C22H15N2O.C12H10N.Ir/c1-13-6-10-19(23-12-13)17-5-3-4-15-16-9-11-20-18(8-7-14(2)24-20)22(16)25-21(15)17;1-10-7-8-12(13-9-10)11-5-3-2-4-6-11;/h3-4,6-12H,1-2H3;2-5,7-9H,1H3;/q2*-1;/i1D3,2D3;1D3;. The zero-order valence-corrected chi connectivity index (χ0v) is 22.7. The summed E-state index contributed by atoms with van der Waals surface area (Å²) in [5, 5.41) is 2.42. The second-order valence-corrected chi connectivity index (χ2v) is 8.54. The molecule has 0 aliphatic carbocycles. The van der Waals surface area contributed by atoms with Crippen LogP contribution in [0.4, 0.5) is 0 Å². The summed E-state index contributed by atoms with van der Waals surface area (Å²) in [5.74, 6) is 0. The van der Waals surface area contributed by atoms with Crippen molar-refractivity contribution < 1.29 is 36.9 Å². The Bertz CT molecular complexity index is 2190. The maximum atomic E-state index is 7.58. The van der Waals surface area contributed by atoms with Crippen LogP contribution >= 0.6 is 0 Å². The molecule has 4 heterocycles. The molecule has 0 atom stereocenters. The number of nitrogens with zero attached hydrogens (tertiary/aromatic N) is 3. The quantitative estimate of drug-likeness (QED) is 0.171. The van der Waals surface area contributed by atoms with Gasteiger partial charge in [0.25, 0.3) is 0 Å². The topological polar surface area (TPSA) is 51.8 Å². The first-order valence-electron chi connectivity index (χ1n) is 16.3. The van der Waals surface area contributed by atoms with Gasteiger partial charge in [-0.1, -0.05) is 35.2 Å². The molecule has 0 amide bonds. The molecule has 5 heteroatoms. The first-order chi connectivity index (χ1) is 22.2. The Hall–Kier alpha value is -4.18. The SMILES string of the molecule is [2H]C([2H])([2H])c1ccc(-c2[c-]ccc3c2oc2c4ccc(C([2H])([2H])[2H])nc4ccc32)nc1.[2H]C([2H])([2H])c1ccc(-c2[c-]cccc2)nc1.[Ir]. The predicted octanol–water partition coefficient (Wildman–Crippen LogP) is 8.47. The minimum absolute atomic E-state index is 0. The Morgan fingerprint density at radius 2 is 1.44 bits per heavy atom. The van der Waals surface area contributed by atoms with Crippen LogP contribution in [0, 0.1) is 32.7 Å². The van der Waals surface area contributed by atoms with Gasteiger partial charge in [-0.2, -0.15) is 0 Å². The van der Waals surface area contributed by atoms with Crippen LogP contribution in [-0.2, 0) is 20.1 Å². The fourth-order valence-electron chi connectivity index (χ4n) is 4.24. The maximum Gasteiger partial charge on any atom is 0.130 e. The molecule has 4 aromatic heterocycles. The zero-order valence-electron chi connectivity index (χ0n) is 29.3. The number of rotatable bonds is 2. The zero-order chi connectivity index (χ0) is 33.6. The second kappa shape index (κ2) is 11.3. The van der Waals surface area contributed by atoms with E-state index in [-0.39, 0.29) is 36.9 Å². The van der Waals surface area contributed by atoms with Gasteiger partial charge in [0, 0.05) is 61.3 Å². The minimum Gasteiger partial charge on any atom is -0.500 e. The van der Waals surface area contributed by atoms with E-state index in [1.54, 1.807) is 42.5 Å². The summed E-state index contributed by atoms with van der Waals surface area (Å²) in [4.78, 5) is 12.7. The Morgan fingerprint density at radius 3 is 2.13 bits per heavy atom. The number of aromatic nitrogens is 3. The van der Waals surface area contributed by atoms with Crippen molar-refractivity contribution in [2.45, 2.75) is 20.6 Å². The molecular weight excluding hydrogens is 659 g/mol. The third-order valence-corrected chi connectivity index (χ3v) is 6.03. The van der Waals surface area contributed by atoms with E-state index in [0.29, 0.717) is 33.3 Å². The third-order valence-electron chi connectivity index (χ3n) is 6.03. The largest absolute Gasteiger partial charge is 0.500 e. The van der Waals surface area contributed by atoms with Crippen LogP contribution in [0.1, 0.15) is 29.2 Å². The van der Waals surface area contributed by atoms with E-state index in [2.05, 4.69) is 27.1 Å². The van der Waals surface area contributed by atoms with Crippen LogP contribution in [-0.4, -0.2) is 15.0 Å². The third kappa shape index (κ3) is 5.37. The van der Waals surface area contributed by atoms with Crippen LogP contribution < -0.4 is 0 Å². The average Bonchev–Trinajstić information content (AvgIpc) is 3.44. The molecule has 3 aromatic carbocycles. The Balaban J connectivity index is 0.000000224. The van der Waals surface area contributed by atoms with Crippen molar-refractivity contribution in [1.29, 1.82) is 0 Å².